The molecule has 2 aromatic rings. The molecule has 27 heavy (non-hydrogen) atoms. The lowest BCUT2D eigenvalue weighted by Crippen LogP contribution is -2.07. The summed E-state index contributed by atoms with van der Waals surface area (Å²) in [7, 11) is 1.65. The van der Waals surface area contributed by atoms with Crippen molar-refractivity contribution in [3.8, 4) is 17.3 Å². The van der Waals surface area contributed by atoms with Crippen LogP contribution >= 0.6 is 23.2 Å². The molecular weight excluding hydrogens is 383 g/mol. The summed E-state index contributed by atoms with van der Waals surface area (Å²) in [5.74, 6) is 2.32. The number of hydrogen-bond donors (Lipinski definition) is 0. The van der Waals surface area contributed by atoms with Gasteiger partial charge in [0.15, 0.2) is 5.82 Å². The van der Waals surface area contributed by atoms with Crippen molar-refractivity contribution in [1.82, 2.24) is 19.5 Å². The van der Waals surface area contributed by atoms with Gasteiger partial charge in [-0.1, -0.05) is 41.4 Å². The van der Waals surface area contributed by atoms with E-state index in [0.717, 1.165) is 34.2 Å². The second-order valence-electron chi connectivity index (χ2n) is 6.10. The minimum absolute atomic E-state index is 0.476. The molecule has 0 radical (unpaired) electrons. The zero-order chi connectivity index (χ0) is 18.8. The normalized spacial score (nSPS) is 11.1. The third-order valence-electron chi connectivity index (χ3n) is 4.30. The molecule has 136 valence electrons. The van der Waals surface area contributed by atoms with Crippen LogP contribution in [-0.2, 0) is 13.0 Å². The molecule has 0 aliphatic carbocycles. The molecule has 0 fully saturated rings. The number of nitrogens with zero attached hydrogens (tertiary/aromatic N) is 4. The van der Waals surface area contributed by atoms with E-state index >= 15 is 0 Å². The molecule has 7 heteroatoms. The quantitative estimate of drug-likeness (QED) is 0.487. The summed E-state index contributed by atoms with van der Waals surface area (Å²) in [4.78, 5) is 13.6. The number of hydrogen-bond acceptors (Lipinski definition) is 4. The van der Waals surface area contributed by atoms with Gasteiger partial charge in [-0.05, 0) is 29.8 Å². The average Bonchev–Trinajstić information content (AvgIpc) is 3.09. The van der Waals surface area contributed by atoms with Crippen LogP contribution in [0.3, 0.4) is 0 Å². The van der Waals surface area contributed by atoms with Crippen LogP contribution in [0.2, 0.25) is 10.0 Å². The maximum absolute atomic E-state index is 6.30. The van der Waals surface area contributed by atoms with Crippen molar-refractivity contribution >= 4 is 23.2 Å². The van der Waals surface area contributed by atoms with Gasteiger partial charge in [0.2, 0.25) is 0 Å². The van der Waals surface area contributed by atoms with Crippen molar-refractivity contribution in [1.29, 1.82) is 0 Å². The third-order valence-corrected chi connectivity index (χ3v) is 5.01. The van der Waals surface area contributed by atoms with E-state index in [9.17, 15) is 0 Å². The van der Waals surface area contributed by atoms with E-state index in [1.165, 1.54) is 0 Å². The Hall–Kier alpha value is -2.63. The SMILES string of the molecule is COc1ccc(Cc2nc3cncn(Cc4c(Cl)cccc4Cl)c-3n2)cc1. The van der Waals surface area contributed by atoms with Crippen LogP contribution in [0.15, 0.2) is 55.0 Å². The van der Waals surface area contributed by atoms with Gasteiger partial charge in [0.1, 0.15) is 17.3 Å². The second-order valence-corrected chi connectivity index (χ2v) is 6.91. The lowest BCUT2D eigenvalue weighted by molar-refractivity contribution is 0.414. The fourth-order valence-electron chi connectivity index (χ4n) is 2.91. The van der Waals surface area contributed by atoms with Gasteiger partial charge in [-0.3, -0.25) is 0 Å². The third kappa shape index (κ3) is 3.75. The fourth-order valence-corrected chi connectivity index (χ4v) is 3.42. The van der Waals surface area contributed by atoms with Crippen molar-refractivity contribution < 1.29 is 4.74 Å². The van der Waals surface area contributed by atoms with Gasteiger partial charge in [-0.15, -0.1) is 0 Å². The van der Waals surface area contributed by atoms with Gasteiger partial charge in [0, 0.05) is 22.0 Å². The zero-order valence-electron chi connectivity index (χ0n) is 14.6. The van der Waals surface area contributed by atoms with E-state index in [1.54, 1.807) is 19.6 Å². The van der Waals surface area contributed by atoms with Gasteiger partial charge in [0.25, 0.3) is 0 Å². The highest BCUT2D eigenvalue weighted by Crippen LogP contribution is 2.27. The monoisotopic (exact) mass is 398 g/mol. The Morgan fingerprint density at radius 3 is 2.44 bits per heavy atom. The van der Waals surface area contributed by atoms with Crippen LogP contribution in [-0.4, -0.2) is 26.6 Å². The molecule has 2 aliphatic rings. The predicted octanol–water partition coefficient (Wildman–Crippen LogP) is 4.73. The van der Waals surface area contributed by atoms with Gasteiger partial charge < -0.3 is 9.30 Å². The van der Waals surface area contributed by atoms with Crippen LogP contribution in [0, 0.1) is 0 Å². The standard InChI is InChI=1S/C20H16Cl2N4O/c1-27-14-7-5-13(6-8-14)9-19-24-18-10-23-12-26(20(18)25-19)11-15-16(21)3-2-4-17(15)22/h2-8,10,12H,9,11H2,1H3. The predicted molar refractivity (Wildman–Crippen MR) is 106 cm³/mol. The van der Waals surface area contributed by atoms with E-state index in [1.807, 2.05) is 47.0 Å². The molecule has 0 aromatic heterocycles. The van der Waals surface area contributed by atoms with E-state index < -0.39 is 0 Å². The molecular formula is C20H16Cl2N4O. The Balaban J connectivity index is 1.64. The smallest absolute Gasteiger partial charge is 0.163 e. The van der Waals surface area contributed by atoms with E-state index in [2.05, 4.69) is 9.97 Å². The number of benzene rings is 2. The second kappa shape index (κ2) is 7.55. The molecule has 4 rings (SSSR count). The number of halogens is 2. The first-order valence-corrected chi connectivity index (χ1v) is 9.12. The summed E-state index contributed by atoms with van der Waals surface area (Å²) in [5.41, 5.74) is 2.68. The highest BCUT2D eigenvalue weighted by molar-refractivity contribution is 6.35. The highest BCUT2D eigenvalue weighted by Gasteiger charge is 2.17. The molecule has 0 saturated heterocycles. The Kier molecular flexibility index (Phi) is 4.97. The van der Waals surface area contributed by atoms with Gasteiger partial charge in [0.05, 0.1) is 26.2 Å². The van der Waals surface area contributed by atoms with Gasteiger partial charge in [-0.25, -0.2) is 15.0 Å². The molecule has 0 atom stereocenters. The van der Waals surface area contributed by atoms with Crippen LogP contribution in [0.1, 0.15) is 17.0 Å². The van der Waals surface area contributed by atoms with Crippen LogP contribution in [0.4, 0.5) is 0 Å². The molecule has 5 nitrogen and oxygen atoms in total. The van der Waals surface area contributed by atoms with Crippen molar-refractivity contribution in [3.05, 3.63) is 82.0 Å². The molecule has 0 N–H and O–H groups in total. The maximum Gasteiger partial charge on any atom is 0.163 e. The number of rotatable bonds is 5. The van der Waals surface area contributed by atoms with Gasteiger partial charge >= 0.3 is 0 Å². The Labute approximate surface area is 166 Å². The lowest BCUT2D eigenvalue weighted by atomic mass is 10.1. The molecule has 0 amide bonds. The minimum Gasteiger partial charge on any atom is -0.497 e. The summed E-state index contributed by atoms with van der Waals surface area (Å²) in [6.07, 6.45) is 4.06. The van der Waals surface area contributed by atoms with E-state index in [4.69, 9.17) is 32.9 Å². The molecule has 0 unspecified atom stereocenters. The van der Waals surface area contributed by atoms with Crippen LogP contribution in [0.5, 0.6) is 5.75 Å². The molecule has 0 saturated carbocycles. The molecule has 2 aliphatic heterocycles. The summed E-state index contributed by atoms with van der Waals surface area (Å²) >= 11 is 12.6. The Morgan fingerprint density at radius 1 is 1.00 bits per heavy atom. The van der Waals surface area contributed by atoms with Crippen molar-refractivity contribution in [2.75, 3.05) is 7.11 Å². The lowest BCUT2D eigenvalue weighted by Gasteiger charge is -2.12. The fraction of sp³-hybridized carbons (Fsp3) is 0.150. The van der Waals surface area contributed by atoms with E-state index in [0.29, 0.717) is 23.0 Å². The molecule has 0 spiro atoms. The Bertz CT molecular complexity index is 1030. The number of fused-ring (bicyclic) bond motifs is 1. The largest absolute Gasteiger partial charge is 0.497 e. The molecule has 2 heterocycles. The Morgan fingerprint density at radius 2 is 1.74 bits per heavy atom. The molecule has 2 aromatic carbocycles. The minimum atomic E-state index is 0.476. The van der Waals surface area contributed by atoms with Crippen molar-refractivity contribution in [2.45, 2.75) is 13.0 Å². The first-order valence-electron chi connectivity index (χ1n) is 8.36. The van der Waals surface area contributed by atoms with Crippen molar-refractivity contribution in [3.63, 3.8) is 0 Å². The van der Waals surface area contributed by atoms with Crippen LogP contribution < -0.4 is 4.74 Å². The van der Waals surface area contributed by atoms with Crippen molar-refractivity contribution in [2.24, 2.45) is 0 Å². The molecule has 0 bridgehead atoms. The van der Waals surface area contributed by atoms with Crippen LogP contribution in [0.25, 0.3) is 11.5 Å². The van der Waals surface area contributed by atoms with E-state index in [-0.39, 0.29) is 0 Å². The van der Waals surface area contributed by atoms with Gasteiger partial charge in [-0.2, -0.15) is 0 Å². The summed E-state index contributed by atoms with van der Waals surface area (Å²) in [5, 5.41) is 1.23. The summed E-state index contributed by atoms with van der Waals surface area (Å²) in [6.45, 7) is 0.476. The number of aromatic nitrogens is 4. The maximum atomic E-state index is 6.30. The average molecular weight is 399 g/mol. The number of imidazole rings is 1. The number of ether oxygens (including phenoxy) is 1. The zero-order valence-corrected chi connectivity index (χ0v) is 16.1. The first-order chi connectivity index (χ1) is 13.1. The number of methoxy groups -OCH3 is 1. The highest BCUT2D eigenvalue weighted by atomic mass is 35.5. The topological polar surface area (TPSA) is 52.8 Å². The first kappa shape index (κ1) is 17.8. The summed E-state index contributed by atoms with van der Waals surface area (Å²) in [6, 6.07) is 13.3. The summed E-state index contributed by atoms with van der Waals surface area (Å²) < 4.78 is 7.10.